The second-order valence-corrected chi connectivity index (χ2v) is 6.87. The Bertz CT molecular complexity index is 612. The summed E-state index contributed by atoms with van der Waals surface area (Å²) in [7, 11) is 3.18. The zero-order valence-electron chi connectivity index (χ0n) is 14.8. The van der Waals surface area contributed by atoms with Gasteiger partial charge >= 0.3 is 5.97 Å². The Balaban J connectivity index is 1.99. The van der Waals surface area contributed by atoms with Crippen LogP contribution in [0.5, 0.6) is 11.5 Å². The van der Waals surface area contributed by atoms with Crippen molar-refractivity contribution >= 4 is 5.97 Å². The first kappa shape index (κ1) is 17.4. The number of hydrogen-bond donors (Lipinski definition) is 0. The van der Waals surface area contributed by atoms with Crippen LogP contribution in [0.1, 0.15) is 33.3 Å². The van der Waals surface area contributed by atoms with Gasteiger partial charge in [0.25, 0.3) is 0 Å². The zero-order chi connectivity index (χ0) is 17.2. The SMILES string of the molecule is COc1ccc(COC(=O)C2C(C=C(C)C)C2(C)C)cc1OC. The summed E-state index contributed by atoms with van der Waals surface area (Å²) < 4.78 is 16.0. The number of benzene rings is 1. The standard InChI is InChI=1S/C19H26O4/c1-12(2)9-14-17(19(14,3)4)18(20)23-11-13-7-8-15(21-5)16(10-13)22-6/h7-10,14,17H,11H2,1-6H3. The maximum atomic E-state index is 12.4. The van der Waals surface area contributed by atoms with Crippen LogP contribution in [0.25, 0.3) is 0 Å². The number of carbonyl (C=O) groups excluding carboxylic acids is 1. The van der Waals surface area contributed by atoms with Gasteiger partial charge in [0.2, 0.25) is 0 Å². The van der Waals surface area contributed by atoms with E-state index in [1.54, 1.807) is 14.2 Å². The Hall–Kier alpha value is -1.97. The summed E-state index contributed by atoms with van der Waals surface area (Å²) in [6, 6.07) is 5.52. The smallest absolute Gasteiger partial charge is 0.310 e. The third-order valence-electron chi connectivity index (χ3n) is 4.51. The maximum Gasteiger partial charge on any atom is 0.310 e. The van der Waals surface area contributed by atoms with Gasteiger partial charge in [0.15, 0.2) is 11.5 Å². The predicted molar refractivity (Wildman–Crippen MR) is 89.5 cm³/mol. The zero-order valence-corrected chi connectivity index (χ0v) is 14.8. The Labute approximate surface area is 138 Å². The molecule has 1 saturated carbocycles. The molecule has 1 fully saturated rings. The van der Waals surface area contributed by atoms with Crippen molar-refractivity contribution in [3.63, 3.8) is 0 Å². The Morgan fingerprint density at radius 3 is 2.39 bits per heavy atom. The van der Waals surface area contributed by atoms with Gasteiger partial charge in [-0.2, -0.15) is 0 Å². The molecule has 0 radical (unpaired) electrons. The fourth-order valence-electron chi connectivity index (χ4n) is 3.01. The Morgan fingerprint density at radius 2 is 1.83 bits per heavy atom. The second-order valence-electron chi connectivity index (χ2n) is 6.87. The molecular weight excluding hydrogens is 292 g/mol. The van der Waals surface area contributed by atoms with Gasteiger partial charge in [-0.25, -0.2) is 0 Å². The van der Waals surface area contributed by atoms with E-state index in [1.807, 2.05) is 18.2 Å². The van der Waals surface area contributed by atoms with Gasteiger partial charge in [0, 0.05) is 0 Å². The summed E-state index contributed by atoms with van der Waals surface area (Å²) in [5, 5.41) is 0. The van der Waals surface area contributed by atoms with E-state index in [1.165, 1.54) is 5.57 Å². The van der Waals surface area contributed by atoms with E-state index in [0.29, 0.717) is 11.5 Å². The molecule has 0 spiro atoms. The lowest BCUT2D eigenvalue weighted by atomic mass is 10.1. The Morgan fingerprint density at radius 1 is 1.17 bits per heavy atom. The molecule has 0 saturated heterocycles. The maximum absolute atomic E-state index is 12.4. The monoisotopic (exact) mass is 318 g/mol. The summed E-state index contributed by atoms with van der Waals surface area (Å²) in [6.45, 7) is 8.58. The first-order valence-corrected chi connectivity index (χ1v) is 7.83. The number of carbonyl (C=O) groups is 1. The summed E-state index contributed by atoms with van der Waals surface area (Å²) in [5.74, 6) is 1.37. The van der Waals surface area contributed by atoms with Crippen LogP contribution in [0.3, 0.4) is 0 Å². The van der Waals surface area contributed by atoms with Crippen LogP contribution in [-0.2, 0) is 16.1 Å². The van der Waals surface area contributed by atoms with Crippen molar-refractivity contribution in [3.05, 3.63) is 35.4 Å². The van der Waals surface area contributed by atoms with E-state index < -0.39 is 0 Å². The van der Waals surface area contributed by atoms with Gasteiger partial charge in [0.1, 0.15) is 6.61 Å². The first-order chi connectivity index (χ1) is 10.8. The second kappa shape index (κ2) is 6.65. The average molecular weight is 318 g/mol. The predicted octanol–water partition coefficient (Wildman–Crippen LogP) is 3.99. The lowest BCUT2D eigenvalue weighted by Crippen LogP contribution is -2.10. The van der Waals surface area contributed by atoms with Crippen LogP contribution in [-0.4, -0.2) is 20.2 Å². The summed E-state index contributed by atoms with van der Waals surface area (Å²) in [4.78, 5) is 12.4. The molecule has 0 heterocycles. The number of allylic oxidation sites excluding steroid dienone is 2. The molecule has 0 aromatic heterocycles. The average Bonchev–Trinajstić information content (AvgIpc) is 3.04. The minimum atomic E-state index is -0.132. The van der Waals surface area contributed by atoms with Gasteiger partial charge in [-0.05, 0) is 42.9 Å². The van der Waals surface area contributed by atoms with Gasteiger partial charge in [-0.1, -0.05) is 31.6 Å². The van der Waals surface area contributed by atoms with Crippen LogP contribution in [0.2, 0.25) is 0 Å². The largest absolute Gasteiger partial charge is 0.493 e. The number of methoxy groups -OCH3 is 2. The van der Waals surface area contributed by atoms with Crippen LogP contribution in [0.15, 0.2) is 29.8 Å². The molecule has 2 unspecified atom stereocenters. The molecule has 0 bridgehead atoms. The van der Waals surface area contributed by atoms with Gasteiger partial charge in [-0.15, -0.1) is 0 Å². The fraction of sp³-hybridized carbons (Fsp3) is 0.526. The molecule has 1 aliphatic carbocycles. The van der Waals surface area contributed by atoms with Crippen molar-refractivity contribution in [1.29, 1.82) is 0 Å². The molecule has 4 nitrogen and oxygen atoms in total. The molecular formula is C19H26O4. The molecule has 126 valence electrons. The number of rotatable bonds is 6. The number of esters is 1. The van der Waals surface area contributed by atoms with Crippen molar-refractivity contribution in [2.75, 3.05) is 14.2 Å². The van der Waals surface area contributed by atoms with E-state index in [2.05, 4.69) is 33.8 Å². The van der Waals surface area contributed by atoms with Crippen LogP contribution < -0.4 is 9.47 Å². The van der Waals surface area contributed by atoms with Gasteiger partial charge in [0.05, 0.1) is 20.1 Å². The minimum Gasteiger partial charge on any atom is -0.493 e. The molecule has 2 atom stereocenters. The molecule has 0 amide bonds. The molecule has 1 aliphatic rings. The van der Waals surface area contributed by atoms with Crippen LogP contribution in [0.4, 0.5) is 0 Å². The molecule has 2 rings (SSSR count). The summed E-state index contributed by atoms with van der Waals surface area (Å²) in [5.41, 5.74) is 2.10. The molecule has 0 N–H and O–H groups in total. The highest BCUT2D eigenvalue weighted by molar-refractivity contribution is 5.78. The third kappa shape index (κ3) is 3.69. The molecule has 1 aromatic rings. The molecule has 4 heteroatoms. The lowest BCUT2D eigenvalue weighted by Gasteiger charge is -2.10. The normalized spacial score (nSPS) is 21.3. The topological polar surface area (TPSA) is 44.8 Å². The number of hydrogen-bond acceptors (Lipinski definition) is 4. The molecule has 23 heavy (non-hydrogen) atoms. The van der Waals surface area contributed by atoms with E-state index in [0.717, 1.165) is 5.56 Å². The number of ether oxygens (including phenoxy) is 3. The van der Waals surface area contributed by atoms with Crippen molar-refractivity contribution in [2.45, 2.75) is 34.3 Å². The summed E-state index contributed by atoms with van der Waals surface area (Å²) >= 11 is 0. The highest BCUT2D eigenvalue weighted by Gasteiger charge is 2.61. The Kier molecular flexibility index (Phi) is 5.03. The van der Waals surface area contributed by atoms with Crippen LogP contribution >= 0.6 is 0 Å². The quantitative estimate of drug-likeness (QED) is 0.588. The van der Waals surface area contributed by atoms with E-state index >= 15 is 0 Å². The van der Waals surface area contributed by atoms with Crippen molar-refractivity contribution in [3.8, 4) is 11.5 Å². The van der Waals surface area contributed by atoms with Gasteiger partial charge < -0.3 is 14.2 Å². The van der Waals surface area contributed by atoms with Gasteiger partial charge in [-0.3, -0.25) is 4.79 Å². The van der Waals surface area contributed by atoms with Crippen molar-refractivity contribution in [2.24, 2.45) is 17.3 Å². The van der Waals surface area contributed by atoms with E-state index in [-0.39, 0.29) is 29.8 Å². The minimum absolute atomic E-state index is 0.0219. The highest BCUT2D eigenvalue weighted by Crippen LogP contribution is 2.59. The lowest BCUT2D eigenvalue weighted by molar-refractivity contribution is -0.147. The molecule has 1 aromatic carbocycles. The third-order valence-corrected chi connectivity index (χ3v) is 4.51. The first-order valence-electron chi connectivity index (χ1n) is 7.83. The van der Waals surface area contributed by atoms with Crippen molar-refractivity contribution < 1.29 is 19.0 Å². The fourth-order valence-corrected chi connectivity index (χ4v) is 3.01. The van der Waals surface area contributed by atoms with E-state index in [4.69, 9.17) is 14.2 Å². The van der Waals surface area contributed by atoms with Crippen molar-refractivity contribution in [1.82, 2.24) is 0 Å². The van der Waals surface area contributed by atoms with E-state index in [9.17, 15) is 4.79 Å². The molecule has 0 aliphatic heterocycles. The summed E-state index contributed by atoms with van der Waals surface area (Å²) in [6.07, 6.45) is 2.17. The van der Waals surface area contributed by atoms with Crippen LogP contribution in [0, 0.1) is 17.3 Å². The highest BCUT2D eigenvalue weighted by atomic mass is 16.5.